The lowest BCUT2D eigenvalue weighted by atomic mass is 9.90. The molecule has 488 valence electrons. The summed E-state index contributed by atoms with van der Waals surface area (Å²) in [5, 5.41) is 18.3. The first kappa shape index (κ1) is 73.1. The van der Waals surface area contributed by atoms with Gasteiger partial charge in [0.05, 0.1) is 89.1 Å². The number of anilines is 1. The maximum atomic E-state index is 14.1. The summed E-state index contributed by atoms with van der Waals surface area (Å²) in [7, 11) is 4.58. The largest absolute Gasteiger partial charge is 0.445 e. The van der Waals surface area contributed by atoms with Gasteiger partial charge < -0.3 is 70.1 Å². The highest BCUT2D eigenvalue weighted by atomic mass is 32.1. The van der Waals surface area contributed by atoms with Crippen LogP contribution >= 0.6 is 11.3 Å². The number of thiazole rings is 1. The quantitative estimate of drug-likeness (QED) is 0.0115. The van der Waals surface area contributed by atoms with Gasteiger partial charge in [-0.1, -0.05) is 53.2 Å². The van der Waals surface area contributed by atoms with E-state index in [1.54, 1.807) is 51.0 Å². The second kappa shape index (κ2) is 35.6. The molecule has 3 aromatic rings. The number of esters is 1. The summed E-state index contributed by atoms with van der Waals surface area (Å²) < 4.78 is 99.2. The fourth-order valence-electron chi connectivity index (χ4n) is 9.42. The third kappa shape index (κ3) is 21.7. The summed E-state index contributed by atoms with van der Waals surface area (Å²) in [4.78, 5) is 125. The van der Waals surface area contributed by atoms with Crippen molar-refractivity contribution in [2.45, 2.75) is 136 Å². The molecule has 30 heteroatoms. The number of ether oxygens (including phenoxy) is 6. The van der Waals surface area contributed by atoms with Crippen LogP contribution in [0.3, 0.4) is 0 Å². The van der Waals surface area contributed by atoms with E-state index in [-0.39, 0.29) is 76.2 Å². The van der Waals surface area contributed by atoms with Gasteiger partial charge in [-0.25, -0.2) is 22.9 Å². The minimum absolute atomic E-state index is 0.0645. The van der Waals surface area contributed by atoms with Crippen LogP contribution in [0.15, 0.2) is 35.8 Å². The zero-order valence-corrected chi connectivity index (χ0v) is 51.8. The van der Waals surface area contributed by atoms with E-state index in [0.29, 0.717) is 37.1 Å². The number of likely N-dealkylation sites (tertiary alicyclic amines) is 1. The Morgan fingerprint density at radius 2 is 1.43 bits per heavy atom. The molecule has 1 saturated heterocycles. The third-order valence-electron chi connectivity index (χ3n) is 14.6. The lowest BCUT2D eigenvalue weighted by Crippen LogP contribution is -2.57. The highest BCUT2D eigenvalue weighted by Gasteiger charge is 2.42. The first-order chi connectivity index (χ1) is 41.6. The smallest absolute Gasteiger partial charge is 0.408 e. The van der Waals surface area contributed by atoms with Crippen molar-refractivity contribution in [1.29, 1.82) is 0 Å². The number of aromatic nitrogens is 1. The van der Waals surface area contributed by atoms with Crippen LogP contribution in [-0.4, -0.2) is 171 Å². The predicted octanol–water partition coefficient (Wildman–Crippen LogP) is 4.81. The Balaban J connectivity index is 1.15. The molecule has 88 heavy (non-hydrogen) atoms. The molecule has 6 N–H and O–H groups in total. The number of methoxy groups -OCH3 is 2. The van der Waals surface area contributed by atoms with Crippen molar-refractivity contribution in [2.24, 2.45) is 17.8 Å². The van der Waals surface area contributed by atoms with Crippen molar-refractivity contribution in [3.8, 4) is 5.75 Å². The van der Waals surface area contributed by atoms with Gasteiger partial charge in [0.15, 0.2) is 0 Å². The molecule has 24 nitrogen and oxygen atoms in total. The second-order valence-electron chi connectivity index (χ2n) is 21.6. The Labute approximate surface area is 511 Å². The lowest BCUT2D eigenvalue weighted by molar-refractivity contribution is -0.145. The van der Waals surface area contributed by atoms with Crippen molar-refractivity contribution in [1.82, 2.24) is 41.4 Å². The Bertz CT molecular complexity index is 2830. The molecule has 1 aliphatic rings. The minimum atomic E-state index is -2.41. The molecule has 0 aliphatic carbocycles. The summed E-state index contributed by atoms with van der Waals surface area (Å²) >= 11 is 1.43. The number of amides is 8. The molecule has 0 saturated carbocycles. The topological polar surface area (TPSA) is 301 Å². The minimum Gasteiger partial charge on any atom is -0.445 e. The van der Waals surface area contributed by atoms with Crippen LogP contribution in [0.25, 0.3) is 0 Å². The molecule has 0 spiro atoms. The zero-order chi connectivity index (χ0) is 65.4. The highest BCUT2D eigenvalue weighted by Crippen LogP contribution is 2.31. The van der Waals surface area contributed by atoms with Crippen LogP contribution in [0.1, 0.15) is 97.6 Å². The van der Waals surface area contributed by atoms with E-state index < -0.39 is 138 Å². The number of carbonyl (C=O) groups is 9. The molecule has 0 radical (unpaired) electrons. The number of likely N-dealkylation sites (N-methyl/N-ethyl adjacent to an activating group) is 1. The molecule has 1 aromatic heterocycles. The maximum Gasteiger partial charge on any atom is 0.408 e. The maximum absolute atomic E-state index is 14.1. The van der Waals surface area contributed by atoms with E-state index in [9.17, 15) is 65.1 Å². The normalized spacial score (nSPS) is 15.2. The summed E-state index contributed by atoms with van der Waals surface area (Å²) in [6.45, 7) is 10.8. The molecular weight excluding hydrogens is 1190 g/mol. The first-order valence-corrected chi connectivity index (χ1v) is 29.4. The molecule has 2 aromatic carbocycles. The molecular formula is C58H80F5N9O15S. The number of benzene rings is 2. The summed E-state index contributed by atoms with van der Waals surface area (Å²) in [5.41, 5.74) is -0.700. The van der Waals surface area contributed by atoms with E-state index >= 15 is 0 Å². The van der Waals surface area contributed by atoms with Crippen molar-refractivity contribution >= 4 is 70.4 Å². The summed E-state index contributed by atoms with van der Waals surface area (Å²) in [6.07, 6.45) is 0.524. The Kier molecular flexibility index (Phi) is 29.5. The van der Waals surface area contributed by atoms with E-state index in [1.165, 1.54) is 56.4 Å². The fourth-order valence-corrected chi connectivity index (χ4v) is 9.97. The van der Waals surface area contributed by atoms with Crippen LogP contribution < -0.4 is 36.6 Å². The molecule has 1 aliphatic heterocycles. The van der Waals surface area contributed by atoms with Gasteiger partial charge in [-0.05, 0) is 56.2 Å². The number of rotatable bonds is 35. The molecule has 4 rings (SSSR count). The van der Waals surface area contributed by atoms with Crippen LogP contribution in [0.5, 0.6) is 5.75 Å². The van der Waals surface area contributed by atoms with Gasteiger partial charge >= 0.3 is 12.1 Å². The van der Waals surface area contributed by atoms with Crippen LogP contribution in [-0.2, 0) is 75.2 Å². The standard InChI is InChI=1S/C58H80F5N9O15S/c1-11-33(4)51(38(82-9)27-42(75)72-21-12-13-37(72)52(83-10)34(5)54(78)66-29-41-64-20-26-88-41)71(8)43(76)30-67-56(80)58(6,7)70-57(81)86-31-35-14-16-36(17-15-35)68-40(74)28-65-55(79)50(32(2)3)69-39(73)18-22-84-24-25-85-23-19-44(77)87-53-48(62)46(60)45(59)47(61)49(53)63/h14-17,20,26,32-34,37-38,50-52H,11-13,18-19,21-25,27-31H2,1-10H3,(H,65,79)(H,66,78)(H,67,80)(H,68,74)(H,69,73)(H,70,81)/t33-,34+,37-,38+,50?,51-,52+/m0/s1. The Morgan fingerprint density at radius 1 is 0.795 bits per heavy atom. The van der Waals surface area contributed by atoms with Crippen LogP contribution in [0.2, 0.25) is 0 Å². The molecule has 0 bridgehead atoms. The average molecular weight is 1270 g/mol. The molecule has 1 unspecified atom stereocenters. The number of nitrogens with one attached hydrogen (secondary N) is 6. The van der Waals surface area contributed by atoms with E-state index in [2.05, 4.69) is 41.6 Å². The number of alkyl carbamates (subject to hydrolysis) is 1. The lowest BCUT2D eigenvalue weighted by Gasteiger charge is -2.39. The predicted molar refractivity (Wildman–Crippen MR) is 308 cm³/mol. The average Bonchev–Trinajstić information content (AvgIpc) is 1.43. The van der Waals surface area contributed by atoms with E-state index in [4.69, 9.17) is 23.7 Å². The van der Waals surface area contributed by atoms with Gasteiger partial charge in [0.25, 0.3) is 0 Å². The third-order valence-corrected chi connectivity index (χ3v) is 15.3. The Hall–Kier alpha value is -7.41. The SMILES string of the molecule is CC[C@H](C)[C@@H]([C@@H](CC(=O)N1CCC[C@H]1[C@H](OC)[C@@H](C)C(=O)NCc1nccs1)OC)N(C)C(=O)CNC(=O)C(C)(C)NC(=O)OCc1ccc(NC(=O)CNC(=O)C(NC(=O)CCOCCOCCC(=O)Oc2c(F)c(F)c(F)c(F)c2F)C(C)C)cc1. The highest BCUT2D eigenvalue weighted by molar-refractivity contribution is 7.09. The molecule has 8 amide bonds. The number of carbonyl (C=O) groups excluding carboxylic acids is 9. The van der Waals surface area contributed by atoms with Gasteiger partial charge in [-0.15, -0.1) is 11.3 Å². The van der Waals surface area contributed by atoms with Crippen molar-refractivity contribution < 1.29 is 93.5 Å². The fraction of sp³-hybridized carbons (Fsp3) is 0.586. The van der Waals surface area contributed by atoms with E-state index in [1.807, 2.05) is 19.2 Å². The van der Waals surface area contributed by atoms with E-state index in [0.717, 1.165) is 5.01 Å². The van der Waals surface area contributed by atoms with Crippen LogP contribution in [0.4, 0.5) is 32.4 Å². The van der Waals surface area contributed by atoms with Gasteiger partial charge in [-0.2, -0.15) is 8.78 Å². The first-order valence-electron chi connectivity index (χ1n) is 28.5. The van der Waals surface area contributed by atoms with Gasteiger partial charge in [0.2, 0.25) is 76.2 Å². The zero-order valence-electron chi connectivity index (χ0n) is 51.0. The summed E-state index contributed by atoms with van der Waals surface area (Å²) in [6, 6.07) is 4.20. The van der Waals surface area contributed by atoms with Crippen molar-refractivity contribution in [3.05, 3.63) is 75.5 Å². The Morgan fingerprint density at radius 3 is 2.02 bits per heavy atom. The van der Waals surface area contributed by atoms with Crippen molar-refractivity contribution in [2.75, 3.05) is 72.6 Å². The number of hydrogen-bond donors (Lipinski definition) is 6. The number of nitrogens with zero attached hydrogens (tertiary/aromatic N) is 3. The molecule has 7 atom stereocenters. The summed E-state index contributed by atoms with van der Waals surface area (Å²) in [5.74, 6) is -19.1. The van der Waals surface area contributed by atoms with Gasteiger partial charge in [0.1, 0.15) is 23.2 Å². The molecule has 1 fully saturated rings. The number of halogens is 5. The van der Waals surface area contributed by atoms with Gasteiger partial charge in [0, 0.05) is 51.5 Å². The molecule has 2 heterocycles. The van der Waals surface area contributed by atoms with Crippen LogP contribution in [0, 0.1) is 46.8 Å². The number of hydrogen-bond acceptors (Lipinski definition) is 17. The van der Waals surface area contributed by atoms with Crippen molar-refractivity contribution in [3.63, 3.8) is 0 Å². The van der Waals surface area contributed by atoms with Gasteiger partial charge in [-0.3, -0.25) is 38.4 Å². The second-order valence-corrected chi connectivity index (χ2v) is 22.6. The monoisotopic (exact) mass is 1270 g/mol.